The van der Waals surface area contributed by atoms with E-state index in [0.29, 0.717) is 0 Å². The van der Waals surface area contributed by atoms with E-state index in [1.807, 2.05) is 30.3 Å². The maximum absolute atomic E-state index is 11.5. The summed E-state index contributed by atoms with van der Waals surface area (Å²) in [6.45, 7) is 3.85. The van der Waals surface area contributed by atoms with Crippen molar-refractivity contribution in [3.8, 4) is 0 Å². The van der Waals surface area contributed by atoms with Gasteiger partial charge in [-0.05, 0) is 19.4 Å². The van der Waals surface area contributed by atoms with Crippen LogP contribution in [0.25, 0.3) is 0 Å². The van der Waals surface area contributed by atoms with E-state index in [1.165, 1.54) is 0 Å². The Morgan fingerprint density at radius 1 is 1.33 bits per heavy atom. The molecule has 0 radical (unpaired) electrons. The summed E-state index contributed by atoms with van der Waals surface area (Å²) in [5.74, 6) is -1.76. The maximum Gasteiger partial charge on any atom is 0.337 e. The van der Waals surface area contributed by atoms with Gasteiger partial charge in [0.15, 0.2) is 11.9 Å². The second-order valence-electron chi connectivity index (χ2n) is 6.09. The Hall–Kier alpha value is -1.51. The number of carbonyl (C=O) groups is 1. The number of benzene rings is 1. The smallest absolute Gasteiger partial charge is 0.337 e. The molecule has 7 heteroatoms. The van der Waals surface area contributed by atoms with Crippen LogP contribution in [-0.2, 0) is 30.3 Å². The number of aliphatic hydroxyl groups excluding tert-OH is 2. The zero-order valence-corrected chi connectivity index (χ0v) is 14.0. The van der Waals surface area contributed by atoms with Crippen molar-refractivity contribution in [3.63, 3.8) is 0 Å². The van der Waals surface area contributed by atoms with Crippen LogP contribution in [0.1, 0.15) is 19.4 Å². The molecule has 1 aliphatic rings. The minimum Gasteiger partial charge on any atom is -0.467 e. The third-order valence-electron chi connectivity index (χ3n) is 3.78. The van der Waals surface area contributed by atoms with Gasteiger partial charge in [-0.2, -0.15) is 0 Å². The van der Waals surface area contributed by atoms with Crippen molar-refractivity contribution in [3.05, 3.63) is 35.9 Å². The molecule has 1 aromatic rings. The molecule has 0 unspecified atom stereocenters. The monoisotopic (exact) mass is 340 g/mol. The van der Waals surface area contributed by atoms with Gasteiger partial charge in [0.05, 0.1) is 20.3 Å². The van der Waals surface area contributed by atoms with Gasteiger partial charge in [0.1, 0.15) is 18.3 Å². The van der Waals surface area contributed by atoms with Gasteiger partial charge in [-0.25, -0.2) is 4.79 Å². The first-order valence-electron chi connectivity index (χ1n) is 7.75. The van der Waals surface area contributed by atoms with E-state index in [9.17, 15) is 15.0 Å². The summed E-state index contributed by atoms with van der Waals surface area (Å²) < 4.78 is 21.4. The number of carbonyl (C=O) groups excluding carboxylic acids is 1. The molecule has 1 heterocycles. The predicted octanol–water partition coefficient (Wildman–Crippen LogP) is 0.618. The molecule has 1 saturated heterocycles. The highest BCUT2D eigenvalue weighted by Crippen LogP contribution is 2.28. The Balaban J connectivity index is 2.10. The molecular weight excluding hydrogens is 316 g/mol. The van der Waals surface area contributed by atoms with Crippen LogP contribution in [0, 0.1) is 0 Å². The molecular formula is C17H24O7. The average molecular weight is 340 g/mol. The van der Waals surface area contributed by atoms with Gasteiger partial charge in [0.25, 0.3) is 0 Å². The zero-order chi connectivity index (χ0) is 17.7. The van der Waals surface area contributed by atoms with Crippen LogP contribution < -0.4 is 0 Å². The van der Waals surface area contributed by atoms with Crippen molar-refractivity contribution in [2.24, 2.45) is 0 Å². The van der Waals surface area contributed by atoms with E-state index in [0.717, 1.165) is 12.7 Å². The molecule has 0 aliphatic carbocycles. The Kier molecular flexibility index (Phi) is 6.31. The molecule has 2 rings (SSSR count). The lowest BCUT2D eigenvalue weighted by atomic mass is 10.0. The van der Waals surface area contributed by atoms with Crippen LogP contribution in [0.15, 0.2) is 30.3 Å². The molecule has 134 valence electrons. The van der Waals surface area contributed by atoms with E-state index in [2.05, 4.69) is 4.74 Å². The molecule has 0 spiro atoms. The molecule has 4 atom stereocenters. The Morgan fingerprint density at radius 3 is 2.54 bits per heavy atom. The van der Waals surface area contributed by atoms with Crippen LogP contribution in [0.2, 0.25) is 0 Å². The molecule has 1 aliphatic heterocycles. The molecule has 1 fully saturated rings. The van der Waals surface area contributed by atoms with Gasteiger partial charge in [-0.15, -0.1) is 0 Å². The second kappa shape index (κ2) is 8.04. The van der Waals surface area contributed by atoms with Gasteiger partial charge >= 0.3 is 5.97 Å². The van der Waals surface area contributed by atoms with Crippen molar-refractivity contribution in [1.29, 1.82) is 0 Å². The van der Waals surface area contributed by atoms with Gasteiger partial charge in [0.2, 0.25) is 0 Å². The first-order valence-corrected chi connectivity index (χ1v) is 7.75. The van der Waals surface area contributed by atoms with Crippen molar-refractivity contribution in [1.82, 2.24) is 0 Å². The number of ether oxygens (including phenoxy) is 4. The van der Waals surface area contributed by atoms with Crippen LogP contribution in [0.5, 0.6) is 0 Å². The minimum atomic E-state index is -1.73. The van der Waals surface area contributed by atoms with Gasteiger partial charge in [-0.3, -0.25) is 0 Å². The normalized spacial score (nSPS) is 23.5. The number of hydrogen-bond donors (Lipinski definition) is 2. The molecule has 7 nitrogen and oxygen atoms in total. The number of rotatable bonds is 7. The minimum absolute atomic E-state index is 0.178. The summed E-state index contributed by atoms with van der Waals surface area (Å²) >= 11 is 0. The molecule has 0 amide bonds. The summed E-state index contributed by atoms with van der Waals surface area (Å²) in [6, 6.07) is 9.36. The van der Waals surface area contributed by atoms with E-state index in [-0.39, 0.29) is 13.2 Å². The summed E-state index contributed by atoms with van der Waals surface area (Å²) in [4.78, 5) is 11.5. The Labute approximate surface area is 141 Å². The summed E-state index contributed by atoms with van der Waals surface area (Å²) in [7, 11) is 1.14. The number of aliphatic hydroxyl groups is 2. The highest BCUT2D eigenvalue weighted by Gasteiger charge is 2.44. The van der Waals surface area contributed by atoms with Crippen LogP contribution in [0.4, 0.5) is 0 Å². The van der Waals surface area contributed by atoms with Crippen molar-refractivity contribution in [2.45, 2.75) is 50.7 Å². The van der Waals surface area contributed by atoms with Crippen LogP contribution >= 0.6 is 0 Å². The third-order valence-corrected chi connectivity index (χ3v) is 3.78. The summed E-state index contributed by atoms with van der Waals surface area (Å²) in [6.07, 6.45) is -4.83. The van der Waals surface area contributed by atoms with Crippen molar-refractivity contribution in [2.75, 3.05) is 13.7 Å². The zero-order valence-electron chi connectivity index (χ0n) is 14.0. The number of esters is 1. The average Bonchev–Trinajstić information content (AvgIpc) is 2.94. The van der Waals surface area contributed by atoms with E-state index in [1.54, 1.807) is 13.8 Å². The van der Waals surface area contributed by atoms with E-state index in [4.69, 9.17) is 14.2 Å². The molecule has 24 heavy (non-hydrogen) atoms. The Morgan fingerprint density at radius 2 is 2.00 bits per heavy atom. The SMILES string of the molecule is COC(=O)[C@@H](O)[C@H](O)[C@H](OCc1ccccc1)[C@@H]1COC(C)(C)O1. The molecule has 0 bridgehead atoms. The molecule has 1 aromatic carbocycles. The second-order valence-corrected chi connectivity index (χ2v) is 6.09. The van der Waals surface area contributed by atoms with E-state index >= 15 is 0 Å². The largest absolute Gasteiger partial charge is 0.467 e. The lowest BCUT2D eigenvalue weighted by Crippen LogP contribution is -2.50. The topological polar surface area (TPSA) is 94.5 Å². The fourth-order valence-electron chi connectivity index (χ4n) is 2.51. The predicted molar refractivity (Wildman–Crippen MR) is 84.0 cm³/mol. The summed E-state index contributed by atoms with van der Waals surface area (Å²) in [5.41, 5.74) is 0.889. The van der Waals surface area contributed by atoms with Gasteiger partial charge in [0, 0.05) is 0 Å². The maximum atomic E-state index is 11.5. The fraction of sp³-hybridized carbons (Fsp3) is 0.588. The van der Waals surface area contributed by atoms with Gasteiger partial charge in [-0.1, -0.05) is 30.3 Å². The lowest BCUT2D eigenvalue weighted by Gasteiger charge is -2.30. The number of hydrogen-bond acceptors (Lipinski definition) is 7. The summed E-state index contributed by atoms with van der Waals surface area (Å²) in [5, 5.41) is 20.3. The molecule has 2 N–H and O–H groups in total. The standard InChI is InChI=1S/C17H24O7/c1-17(2)23-10-12(24-17)15(13(18)14(19)16(20)21-3)22-9-11-7-5-4-6-8-11/h4-8,12-15,18-19H,9-10H2,1-3H3/t12-,13-,14-,15+/m0/s1. The highest BCUT2D eigenvalue weighted by atomic mass is 16.7. The third kappa shape index (κ3) is 4.75. The fourth-order valence-corrected chi connectivity index (χ4v) is 2.51. The number of methoxy groups -OCH3 is 1. The van der Waals surface area contributed by atoms with Crippen LogP contribution in [-0.4, -0.2) is 60.1 Å². The van der Waals surface area contributed by atoms with E-state index < -0.39 is 36.2 Å². The first-order chi connectivity index (χ1) is 11.3. The molecule has 0 saturated carbocycles. The Bertz CT molecular complexity index is 531. The lowest BCUT2D eigenvalue weighted by molar-refractivity contribution is -0.189. The molecule has 0 aromatic heterocycles. The quantitative estimate of drug-likeness (QED) is 0.703. The van der Waals surface area contributed by atoms with Crippen molar-refractivity contribution >= 4 is 5.97 Å². The van der Waals surface area contributed by atoms with Crippen LogP contribution in [0.3, 0.4) is 0 Å². The first kappa shape index (κ1) is 18.8. The highest BCUT2D eigenvalue weighted by molar-refractivity contribution is 5.75. The van der Waals surface area contributed by atoms with Crippen molar-refractivity contribution < 1.29 is 34.0 Å². The van der Waals surface area contributed by atoms with Gasteiger partial charge < -0.3 is 29.2 Å².